The number of benzene rings is 2. The van der Waals surface area contributed by atoms with E-state index in [2.05, 4.69) is 5.32 Å². The van der Waals surface area contributed by atoms with E-state index < -0.39 is 16.1 Å². The minimum absolute atomic E-state index is 0.320. The van der Waals surface area contributed by atoms with Gasteiger partial charge in [-0.2, -0.15) is 0 Å². The third-order valence-corrected chi connectivity index (χ3v) is 6.39. The van der Waals surface area contributed by atoms with E-state index in [0.29, 0.717) is 17.1 Å². The molecule has 0 saturated heterocycles. The number of nitrogens with zero attached hydrogens (tertiary/aromatic N) is 1. The number of carbonyl (C=O) groups excluding carboxylic acids is 1. The van der Waals surface area contributed by atoms with Crippen molar-refractivity contribution in [3.63, 3.8) is 0 Å². The highest BCUT2D eigenvalue weighted by molar-refractivity contribution is 7.92. The lowest BCUT2D eigenvalue weighted by atomic mass is 10.0. The molecule has 7 heteroatoms. The van der Waals surface area contributed by atoms with E-state index in [-0.39, 0.29) is 5.91 Å². The summed E-state index contributed by atoms with van der Waals surface area (Å²) in [4.78, 5) is 13.3. The van der Waals surface area contributed by atoms with Crippen LogP contribution in [0.1, 0.15) is 43.9 Å². The van der Waals surface area contributed by atoms with Gasteiger partial charge in [-0.25, -0.2) is 8.42 Å². The van der Waals surface area contributed by atoms with Crippen molar-refractivity contribution in [2.24, 2.45) is 0 Å². The monoisotopic (exact) mass is 436 g/mol. The van der Waals surface area contributed by atoms with E-state index in [1.807, 2.05) is 32.0 Å². The number of hydrogen-bond acceptors (Lipinski definition) is 3. The second-order valence-electron chi connectivity index (χ2n) is 7.06. The number of para-hydroxylation sites is 1. The van der Waals surface area contributed by atoms with Crippen molar-refractivity contribution in [2.75, 3.05) is 15.9 Å². The van der Waals surface area contributed by atoms with Crippen LogP contribution in [0.2, 0.25) is 5.02 Å². The van der Waals surface area contributed by atoms with E-state index >= 15 is 0 Å². The molecule has 0 saturated carbocycles. The van der Waals surface area contributed by atoms with Crippen molar-refractivity contribution in [3.8, 4) is 0 Å². The second kappa shape index (κ2) is 9.63. The molecule has 1 N–H and O–H groups in total. The van der Waals surface area contributed by atoms with Gasteiger partial charge in [-0.15, -0.1) is 0 Å². The smallest absolute Gasteiger partial charge is 0.248 e. The fraction of sp³-hybridized carbons (Fsp3) is 0.409. The highest BCUT2D eigenvalue weighted by atomic mass is 35.5. The third kappa shape index (κ3) is 5.31. The van der Waals surface area contributed by atoms with Gasteiger partial charge in [-0.1, -0.05) is 56.6 Å². The van der Waals surface area contributed by atoms with E-state index in [4.69, 9.17) is 11.6 Å². The van der Waals surface area contributed by atoms with Gasteiger partial charge in [0.15, 0.2) is 0 Å². The molecule has 2 rings (SSSR count). The third-order valence-electron chi connectivity index (χ3n) is 4.99. The number of sulfonamides is 1. The number of carbonyl (C=O) groups is 1. The van der Waals surface area contributed by atoms with Crippen molar-refractivity contribution in [1.82, 2.24) is 0 Å². The van der Waals surface area contributed by atoms with Crippen LogP contribution in [0, 0.1) is 6.92 Å². The lowest BCUT2D eigenvalue weighted by Crippen LogP contribution is -2.47. The van der Waals surface area contributed by atoms with Crippen molar-refractivity contribution < 1.29 is 13.2 Å². The topological polar surface area (TPSA) is 66.5 Å². The number of aryl methyl sites for hydroxylation is 3. The molecule has 1 unspecified atom stereocenters. The van der Waals surface area contributed by atoms with Crippen LogP contribution in [0.15, 0.2) is 36.4 Å². The minimum Gasteiger partial charge on any atom is -0.324 e. The molecule has 5 nitrogen and oxygen atoms in total. The first-order chi connectivity index (χ1) is 13.6. The second-order valence-corrected chi connectivity index (χ2v) is 9.36. The van der Waals surface area contributed by atoms with Gasteiger partial charge in [-0.3, -0.25) is 9.10 Å². The molecule has 158 valence electrons. The predicted octanol–water partition coefficient (Wildman–Crippen LogP) is 4.96. The fourth-order valence-electron chi connectivity index (χ4n) is 3.47. The van der Waals surface area contributed by atoms with Gasteiger partial charge in [0.1, 0.15) is 6.04 Å². The van der Waals surface area contributed by atoms with Crippen LogP contribution >= 0.6 is 11.6 Å². The predicted molar refractivity (Wildman–Crippen MR) is 121 cm³/mol. The molecule has 0 aromatic heterocycles. The Labute approximate surface area is 179 Å². The van der Waals surface area contributed by atoms with Crippen LogP contribution in [-0.2, 0) is 27.7 Å². The maximum atomic E-state index is 13.3. The lowest BCUT2D eigenvalue weighted by molar-refractivity contribution is -0.117. The SMILES string of the molecule is CCc1cccc(CC)c1NC(=O)C(CC)N(c1cc(Cl)ccc1C)S(C)(=O)=O. The zero-order chi connectivity index (χ0) is 21.8. The minimum atomic E-state index is -3.72. The molecule has 29 heavy (non-hydrogen) atoms. The van der Waals surface area contributed by atoms with Crippen molar-refractivity contribution in [3.05, 3.63) is 58.1 Å². The molecule has 0 radical (unpaired) electrons. The molecule has 1 amide bonds. The Bertz CT molecular complexity index is 967. The van der Waals surface area contributed by atoms with Crippen LogP contribution in [0.3, 0.4) is 0 Å². The van der Waals surface area contributed by atoms with Crippen molar-refractivity contribution >= 4 is 38.9 Å². The first-order valence-corrected chi connectivity index (χ1v) is 12.0. The highest BCUT2D eigenvalue weighted by Crippen LogP contribution is 2.30. The lowest BCUT2D eigenvalue weighted by Gasteiger charge is -2.31. The molecule has 0 aliphatic heterocycles. The zero-order valence-corrected chi connectivity index (χ0v) is 19.2. The Morgan fingerprint density at radius 2 is 1.69 bits per heavy atom. The molecule has 0 aliphatic rings. The van der Waals surface area contributed by atoms with E-state index in [0.717, 1.165) is 41.5 Å². The molecular weight excluding hydrogens is 408 g/mol. The van der Waals surface area contributed by atoms with Gasteiger partial charge in [0, 0.05) is 10.7 Å². The standard InChI is InChI=1S/C22H29ClN2O3S/c1-6-16-10-9-11-17(7-2)21(16)24-22(26)19(8-3)25(29(5,27)28)20-14-18(23)13-12-15(20)4/h9-14,19H,6-8H2,1-5H3,(H,24,26). The van der Waals surface area contributed by atoms with Gasteiger partial charge >= 0.3 is 0 Å². The summed E-state index contributed by atoms with van der Waals surface area (Å²) in [6, 6.07) is 10.1. The van der Waals surface area contributed by atoms with Gasteiger partial charge in [0.05, 0.1) is 11.9 Å². The summed E-state index contributed by atoms with van der Waals surface area (Å²) in [5.74, 6) is -0.354. The van der Waals surface area contributed by atoms with E-state index in [9.17, 15) is 13.2 Å². The first kappa shape index (κ1) is 23.2. The zero-order valence-electron chi connectivity index (χ0n) is 17.6. The molecular formula is C22H29ClN2O3S. The van der Waals surface area contributed by atoms with Crippen LogP contribution < -0.4 is 9.62 Å². The van der Waals surface area contributed by atoms with Crippen LogP contribution in [0.4, 0.5) is 11.4 Å². The fourth-order valence-corrected chi connectivity index (χ4v) is 4.89. The first-order valence-electron chi connectivity index (χ1n) is 9.81. The number of nitrogens with one attached hydrogen (secondary N) is 1. The van der Waals surface area contributed by atoms with Crippen LogP contribution in [0.5, 0.6) is 0 Å². The van der Waals surface area contributed by atoms with Gasteiger partial charge < -0.3 is 5.32 Å². The van der Waals surface area contributed by atoms with Crippen LogP contribution in [-0.4, -0.2) is 26.6 Å². The molecule has 2 aromatic carbocycles. The number of halogens is 1. The molecule has 0 bridgehead atoms. The summed E-state index contributed by atoms with van der Waals surface area (Å²) in [6.45, 7) is 7.66. The Kier molecular flexibility index (Phi) is 7.72. The summed E-state index contributed by atoms with van der Waals surface area (Å²) in [5.41, 5.74) is 3.97. The maximum absolute atomic E-state index is 13.3. The van der Waals surface area contributed by atoms with Gasteiger partial charge in [-0.05, 0) is 55.0 Å². The van der Waals surface area contributed by atoms with E-state index in [1.54, 1.807) is 32.0 Å². The molecule has 1 atom stereocenters. The molecule has 0 heterocycles. The van der Waals surface area contributed by atoms with Gasteiger partial charge in [0.2, 0.25) is 15.9 Å². The summed E-state index contributed by atoms with van der Waals surface area (Å²) in [5, 5.41) is 3.43. The highest BCUT2D eigenvalue weighted by Gasteiger charge is 2.33. The summed E-state index contributed by atoms with van der Waals surface area (Å²) in [7, 11) is -3.72. The Balaban J connectivity index is 2.52. The number of anilines is 2. The number of amides is 1. The van der Waals surface area contributed by atoms with Crippen molar-refractivity contribution in [2.45, 2.75) is 53.0 Å². The van der Waals surface area contributed by atoms with E-state index in [1.165, 1.54) is 4.31 Å². The Morgan fingerprint density at radius 1 is 1.10 bits per heavy atom. The summed E-state index contributed by atoms with van der Waals surface area (Å²) >= 11 is 6.13. The average molecular weight is 437 g/mol. The van der Waals surface area contributed by atoms with Crippen LogP contribution in [0.25, 0.3) is 0 Å². The largest absolute Gasteiger partial charge is 0.324 e. The number of rotatable bonds is 8. The van der Waals surface area contributed by atoms with Crippen molar-refractivity contribution in [1.29, 1.82) is 0 Å². The average Bonchev–Trinajstić information content (AvgIpc) is 2.67. The Hall–Kier alpha value is -2.05. The summed E-state index contributed by atoms with van der Waals surface area (Å²) < 4.78 is 26.6. The molecule has 2 aromatic rings. The molecule has 0 spiro atoms. The normalized spacial score (nSPS) is 12.5. The maximum Gasteiger partial charge on any atom is 0.248 e. The van der Waals surface area contributed by atoms with Gasteiger partial charge in [0.25, 0.3) is 0 Å². The summed E-state index contributed by atoms with van der Waals surface area (Å²) in [6.07, 6.45) is 2.97. The quantitative estimate of drug-likeness (QED) is 0.636. The Morgan fingerprint density at radius 3 is 2.17 bits per heavy atom. The molecule has 0 fully saturated rings. The number of hydrogen-bond donors (Lipinski definition) is 1. The molecule has 0 aliphatic carbocycles.